The van der Waals surface area contributed by atoms with Crippen molar-refractivity contribution in [2.24, 2.45) is 0 Å². The molecule has 2 heterocycles. The molecule has 2 aromatic heterocycles. The average molecular weight is 277 g/mol. The number of rotatable bonds is 5. The Bertz CT molecular complexity index is 524. The first-order valence-electron chi connectivity index (χ1n) is 6.33. The maximum absolute atomic E-state index is 5.92. The zero-order valence-electron chi connectivity index (χ0n) is 11.4. The van der Waals surface area contributed by atoms with Gasteiger partial charge in [0.1, 0.15) is 18.0 Å². The summed E-state index contributed by atoms with van der Waals surface area (Å²) in [6.45, 7) is 7.10. The molecule has 0 saturated heterocycles. The van der Waals surface area contributed by atoms with Gasteiger partial charge >= 0.3 is 0 Å². The Morgan fingerprint density at radius 1 is 1.26 bits per heavy atom. The fourth-order valence-corrected chi connectivity index (χ4v) is 2.63. The smallest absolute Gasteiger partial charge is 0.135 e. The van der Waals surface area contributed by atoms with Crippen LogP contribution < -0.4 is 11.1 Å². The maximum atomic E-state index is 5.92. The zero-order valence-corrected chi connectivity index (χ0v) is 12.2. The first-order valence-corrected chi connectivity index (χ1v) is 7.21. The van der Waals surface area contributed by atoms with Gasteiger partial charge in [-0.25, -0.2) is 15.0 Å². The Kier molecular flexibility index (Phi) is 4.31. The van der Waals surface area contributed by atoms with Crippen LogP contribution in [0.5, 0.6) is 0 Å². The van der Waals surface area contributed by atoms with Crippen LogP contribution in [0.1, 0.15) is 43.2 Å². The molecule has 2 rings (SSSR count). The van der Waals surface area contributed by atoms with Crippen molar-refractivity contribution < 1.29 is 0 Å². The molecule has 0 aliphatic rings. The highest BCUT2D eigenvalue weighted by molar-refractivity contribution is 7.09. The van der Waals surface area contributed by atoms with Gasteiger partial charge in [-0.15, -0.1) is 11.3 Å². The molecule has 5 nitrogen and oxygen atoms in total. The lowest BCUT2D eigenvalue weighted by Crippen LogP contribution is -2.14. The first-order chi connectivity index (χ1) is 9.09. The number of nitrogens with two attached hydrogens (primary N) is 1. The monoisotopic (exact) mass is 277 g/mol. The van der Waals surface area contributed by atoms with E-state index in [0.29, 0.717) is 17.7 Å². The maximum Gasteiger partial charge on any atom is 0.135 e. The predicted octanol–water partition coefficient (Wildman–Crippen LogP) is 2.85. The summed E-state index contributed by atoms with van der Waals surface area (Å²) >= 11 is 1.67. The topological polar surface area (TPSA) is 76.7 Å². The molecule has 102 valence electrons. The second kappa shape index (κ2) is 5.97. The Morgan fingerprint density at radius 2 is 2.05 bits per heavy atom. The summed E-state index contributed by atoms with van der Waals surface area (Å²) in [5.74, 6) is 2.01. The van der Waals surface area contributed by atoms with E-state index in [4.69, 9.17) is 5.73 Å². The molecule has 0 aliphatic heterocycles. The second-order valence-corrected chi connectivity index (χ2v) is 5.75. The van der Waals surface area contributed by atoms with E-state index in [1.165, 1.54) is 6.33 Å². The third-order valence-corrected chi connectivity index (χ3v) is 3.95. The van der Waals surface area contributed by atoms with Crippen LogP contribution in [0.3, 0.4) is 0 Å². The third-order valence-electron chi connectivity index (χ3n) is 2.94. The predicted molar refractivity (Wildman–Crippen MR) is 79.6 cm³/mol. The Labute approximate surface area is 117 Å². The van der Waals surface area contributed by atoms with Crippen molar-refractivity contribution in [1.29, 1.82) is 0 Å². The van der Waals surface area contributed by atoms with Crippen molar-refractivity contribution >= 4 is 23.0 Å². The quantitative estimate of drug-likeness (QED) is 0.878. The molecular weight excluding hydrogens is 258 g/mol. The van der Waals surface area contributed by atoms with Crippen LogP contribution >= 0.6 is 11.3 Å². The van der Waals surface area contributed by atoms with E-state index in [2.05, 4.69) is 41.0 Å². The number of thiazole rings is 1. The van der Waals surface area contributed by atoms with E-state index >= 15 is 0 Å². The van der Waals surface area contributed by atoms with Gasteiger partial charge in [0.2, 0.25) is 0 Å². The molecule has 2 aromatic rings. The SMILES string of the molecule is CC(C)c1c(N)ncnc1NCC(C)c1nccs1. The molecule has 1 atom stereocenters. The van der Waals surface area contributed by atoms with Gasteiger partial charge in [0.25, 0.3) is 0 Å². The molecular formula is C13H19N5S. The van der Waals surface area contributed by atoms with Gasteiger partial charge in [-0.05, 0) is 5.92 Å². The molecule has 1 unspecified atom stereocenters. The summed E-state index contributed by atoms with van der Waals surface area (Å²) in [6, 6.07) is 0. The average Bonchev–Trinajstić information content (AvgIpc) is 2.89. The highest BCUT2D eigenvalue weighted by Gasteiger charge is 2.14. The summed E-state index contributed by atoms with van der Waals surface area (Å²) in [6.07, 6.45) is 3.33. The molecule has 19 heavy (non-hydrogen) atoms. The van der Waals surface area contributed by atoms with Gasteiger partial charge in [-0.1, -0.05) is 20.8 Å². The zero-order chi connectivity index (χ0) is 13.8. The van der Waals surface area contributed by atoms with Crippen molar-refractivity contribution in [3.8, 4) is 0 Å². The molecule has 0 amide bonds. The van der Waals surface area contributed by atoms with Gasteiger partial charge in [-0.3, -0.25) is 0 Å². The summed E-state index contributed by atoms with van der Waals surface area (Å²) in [7, 11) is 0. The van der Waals surface area contributed by atoms with Gasteiger partial charge in [0.05, 0.1) is 5.01 Å². The van der Waals surface area contributed by atoms with Gasteiger partial charge < -0.3 is 11.1 Å². The molecule has 0 spiro atoms. The van der Waals surface area contributed by atoms with Crippen LogP contribution in [0.2, 0.25) is 0 Å². The van der Waals surface area contributed by atoms with Crippen LogP contribution in [0, 0.1) is 0 Å². The van der Waals surface area contributed by atoms with Crippen molar-refractivity contribution in [1.82, 2.24) is 15.0 Å². The Hall–Kier alpha value is -1.69. The number of nitrogens with zero attached hydrogens (tertiary/aromatic N) is 3. The fourth-order valence-electron chi connectivity index (χ4n) is 1.93. The van der Waals surface area contributed by atoms with Crippen LogP contribution in [0.4, 0.5) is 11.6 Å². The number of hydrogen-bond donors (Lipinski definition) is 2. The summed E-state index contributed by atoms with van der Waals surface area (Å²) in [4.78, 5) is 12.7. The molecule has 0 saturated carbocycles. The number of hydrogen-bond acceptors (Lipinski definition) is 6. The van der Waals surface area contributed by atoms with Crippen LogP contribution in [0.25, 0.3) is 0 Å². The molecule has 0 aromatic carbocycles. The molecule has 6 heteroatoms. The molecule has 3 N–H and O–H groups in total. The first kappa shape index (κ1) is 13.7. The number of aromatic nitrogens is 3. The second-order valence-electron chi connectivity index (χ2n) is 4.83. The molecule has 0 aliphatic carbocycles. The van der Waals surface area contributed by atoms with Crippen LogP contribution in [-0.2, 0) is 0 Å². The fraction of sp³-hybridized carbons (Fsp3) is 0.462. The highest BCUT2D eigenvalue weighted by atomic mass is 32.1. The van der Waals surface area contributed by atoms with Crippen molar-refractivity contribution in [2.45, 2.75) is 32.6 Å². The minimum absolute atomic E-state index is 0.291. The summed E-state index contributed by atoms with van der Waals surface area (Å²) in [5, 5.41) is 6.48. The van der Waals surface area contributed by atoms with Crippen molar-refractivity contribution in [2.75, 3.05) is 17.6 Å². The number of anilines is 2. The summed E-state index contributed by atoms with van der Waals surface area (Å²) < 4.78 is 0. The van der Waals surface area contributed by atoms with E-state index in [0.717, 1.165) is 22.9 Å². The van der Waals surface area contributed by atoms with Gasteiger partial charge in [-0.2, -0.15) is 0 Å². The number of nitrogen functional groups attached to an aromatic ring is 1. The van der Waals surface area contributed by atoms with Crippen LogP contribution in [-0.4, -0.2) is 21.5 Å². The highest BCUT2D eigenvalue weighted by Crippen LogP contribution is 2.27. The van der Waals surface area contributed by atoms with Crippen molar-refractivity contribution in [3.63, 3.8) is 0 Å². The standard InChI is InChI=1S/C13H19N5S/c1-8(2)10-11(14)17-7-18-12(10)16-6-9(3)13-15-4-5-19-13/h4-5,7-9H,6H2,1-3H3,(H3,14,16,17,18). The van der Waals surface area contributed by atoms with E-state index in [9.17, 15) is 0 Å². The van der Waals surface area contributed by atoms with Crippen molar-refractivity contribution in [3.05, 3.63) is 28.5 Å². The van der Waals surface area contributed by atoms with E-state index in [1.807, 2.05) is 11.6 Å². The number of nitrogens with one attached hydrogen (secondary N) is 1. The largest absolute Gasteiger partial charge is 0.383 e. The lowest BCUT2D eigenvalue weighted by molar-refractivity contribution is 0.782. The van der Waals surface area contributed by atoms with E-state index in [1.54, 1.807) is 11.3 Å². The van der Waals surface area contributed by atoms with Gasteiger partial charge in [0.15, 0.2) is 0 Å². The van der Waals surface area contributed by atoms with Gasteiger partial charge in [0, 0.05) is 29.6 Å². The molecule has 0 fully saturated rings. The normalized spacial score (nSPS) is 12.6. The van der Waals surface area contributed by atoms with E-state index in [-0.39, 0.29) is 0 Å². The minimum Gasteiger partial charge on any atom is -0.383 e. The van der Waals surface area contributed by atoms with Crippen LogP contribution in [0.15, 0.2) is 17.9 Å². The minimum atomic E-state index is 0.291. The molecule has 0 radical (unpaired) electrons. The lowest BCUT2D eigenvalue weighted by Gasteiger charge is -2.16. The summed E-state index contributed by atoms with van der Waals surface area (Å²) in [5.41, 5.74) is 6.90. The Balaban J connectivity index is 2.09. The molecule has 0 bridgehead atoms. The third kappa shape index (κ3) is 3.20. The lowest BCUT2D eigenvalue weighted by atomic mass is 10.0. The van der Waals surface area contributed by atoms with E-state index < -0.39 is 0 Å². The Morgan fingerprint density at radius 3 is 2.68 bits per heavy atom.